The summed E-state index contributed by atoms with van der Waals surface area (Å²) in [5.74, 6) is 0.739. The van der Waals surface area contributed by atoms with Gasteiger partial charge in [-0.05, 0) is 50.1 Å². The van der Waals surface area contributed by atoms with E-state index in [1.54, 1.807) is 23.2 Å². The van der Waals surface area contributed by atoms with Crippen LogP contribution in [0.3, 0.4) is 0 Å². The van der Waals surface area contributed by atoms with Crippen molar-refractivity contribution in [3.8, 4) is 0 Å². The van der Waals surface area contributed by atoms with E-state index in [2.05, 4.69) is 10.3 Å². The van der Waals surface area contributed by atoms with Crippen LogP contribution in [0.1, 0.15) is 29.8 Å². The number of nitrogens with one attached hydrogen (secondary N) is 1. The van der Waals surface area contributed by atoms with Gasteiger partial charge in [-0.1, -0.05) is 29.3 Å². The molecule has 24 heavy (non-hydrogen) atoms. The number of pyridine rings is 1. The Kier molecular flexibility index (Phi) is 6.88. The quantitative estimate of drug-likeness (QED) is 0.783. The molecular formula is C18H21Cl2N3O. The van der Waals surface area contributed by atoms with E-state index in [0.717, 1.165) is 17.8 Å². The summed E-state index contributed by atoms with van der Waals surface area (Å²) < 4.78 is 0. The van der Waals surface area contributed by atoms with Crippen molar-refractivity contribution in [2.45, 2.75) is 20.3 Å². The molecule has 0 fully saturated rings. The fraction of sp³-hybridized carbons (Fsp3) is 0.333. The van der Waals surface area contributed by atoms with Crippen LogP contribution in [0.2, 0.25) is 10.0 Å². The van der Waals surface area contributed by atoms with Gasteiger partial charge in [-0.3, -0.25) is 4.79 Å². The maximum atomic E-state index is 12.2. The van der Waals surface area contributed by atoms with E-state index < -0.39 is 0 Å². The fourth-order valence-corrected chi connectivity index (χ4v) is 2.87. The summed E-state index contributed by atoms with van der Waals surface area (Å²) >= 11 is 12.0. The topological polar surface area (TPSA) is 45.2 Å². The van der Waals surface area contributed by atoms with Crippen molar-refractivity contribution < 1.29 is 4.79 Å². The van der Waals surface area contributed by atoms with E-state index in [0.29, 0.717) is 35.2 Å². The van der Waals surface area contributed by atoms with Crippen LogP contribution in [0.25, 0.3) is 0 Å². The molecule has 6 heteroatoms. The summed E-state index contributed by atoms with van der Waals surface area (Å²) in [6.45, 7) is 6.01. The van der Waals surface area contributed by atoms with Crippen LogP contribution < -0.4 is 5.32 Å². The highest BCUT2D eigenvalue weighted by atomic mass is 35.5. The first-order valence-electron chi connectivity index (χ1n) is 7.98. The standard InChI is InChI=1S/C18H21Cl2N3O/c1-3-23(4-2)18(24)14-6-8-17(22-12-14)21-10-9-13-5-7-15(19)11-16(13)20/h5-8,11-12H,3-4,9-10H2,1-2H3,(H,21,22). The maximum absolute atomic E-state index is 12.2. The highest BCUT2D eigenvalue weighted by Gasteiger charge is 2.12. The minimum absolute atomic E-state index is 0.00648. The number of hydrogen-bond donors (Lipinski definition) is 1. The number of nitrogens with zero attached hydrogens (tertiary/aromatic N) is 2. The number of amides is 1. The Morgan fingerprint density at radius 2 is 1.92 bits per heavy atom. The highest BCUT2D eigenvalue weighted by molar-refractivity contribution is 6.35. The van der Waals surface area contributed by atoms with Crippen molar-refractivity contribution >= 4 is 34.9 Å². The Labute approximate surface area is 152 Å². The predicted octanol–water partition coefficient (Wildman–Crippen LogP) is 4.53. The number of hydrogen-bond acceptors (Lipinski definition) is 3. The van der Waals surface area contributed by atoms with E-state index in [1.807, 2.05) is 32.0 Å². The second-order valence-electron chi connectivity index (χ2n) is 5.32. The Morgan fingerprint density at radius 3 is 2.50 bits per heavy atom. The van der Waals surface area contributed by atoms with Gasteiger partial charge < -0.3 is 10.2 Å². The van der Waals surface area contributed by atoms with Gasteiger partial charge in [-0.25, -0.2) is 4.98 Å². The van der Waals surface area contributed by atoms with Crippen molar-refractivity contribution in [1.29, 1.82) is 0 Å². The monoisotopic (exact) mass is 365 g/mol. The van der Waals surface area contributed by atoms with Gasteiger partial charge in [0.25, 0.3) is 5.91 Å². The zero-order valence-electron chi connectivity index (χ0n) is 13.9. The lowest BCUT2D eigenvalue weighted by Crippen LogP contribution is -2.30. The van der Waals surface area contributed by atoms with Crippen LogP contribution in [0, 0.1) is 0 Å². The number of halogens is 2. The summed E-state index contributed by atoms with van der Waals surface area (Å²) in [7, 11) is 0. The van der Waals surface area contributed by atoms with Gasteiger partial charge in [0.1, 0.15) is 5.82 Å². The summed E-state index contributed by atoms with van der Waals surface area (Å²) in [4.78, 5) is 18.3. The molecule has 1 aromatic carbocycles. The first-order valence-corrected chi connectivity index (χ1v) is 8.73. The first-order chi connectivity index (χ1) is 11.5. The molecule has 4 nitrogen and oxygen atoms in total. The largest absolute Gasteiger partial charge is 0.370 e. The molecule has 0 saturated heterocycles. The first kappa shape index (κ1) is 18.6. The molecule has 0 atom stereocenters. The van der Waals surface area contributed by atoms with Crippen LogP contribution in [0.5, 0.6) is 0 Å². The molecule has 2 aromatic rings. The van der Waals surface area contributed by atoms with Crippen molar-refractivity contribution in [1.82, 2.24) is 9.88 Å². The average Bonchev–Trinajstić information content (AvgIpc) is 2.58. The van der Waals surface area contributed by atoms with E-state index in [4.69, 9.17) is 23.2 Å². The van der Waals surface area contributed by atoms with Crippen LogP contribution in [-0.2, 0) is 6.42 Å². The number of carbonyl (C=O) groups excluding carboxylic acids is 1. The second kappa shape index (κ2) is 8.90. The predicted molar refractivity (Wildman–Crippen MR) is 100 cm³/mol. The molecular weight excluding hydrogens is 345 g/mol. The van der Waals surface area contributed by atoms with Gasteiger partial charge in [0.05, 0.1) is 5.56 Å². The van der Waals surface area contributed by atoms with E-state index in [9.17, 15) is 4.79 Å². The normalized spacial score (nSPS) is 10.5. The van der Waals surface area contributed by atoms with Crippen LogP contribution >= 0.6 is 23.2 Å². The SMILES string of the molecule is CCN(CC)C(=O)c1ccc(NCCc2ccc(Cl)cc2Cl)nc1. The van der Waals surface area contributed by atoms with E-state index in [-0.39, 0.29) is 5.91 Å². The molecule has 1 N–H and O–H groups in total. The number of benzene rings is 1. The molecule has 0 aliphatic rings. The molecule has 1 aromatic heterocycles. The Balaban J connectivity index is 1.91. The minimum Gasteiger partial charge on any atom is -0.370 e. The fourth-order valence-electron chi connectivity index (χ4n) is 2.37. The summed E-state index contributed by atoms with van der Waals surface area (Å²) in [6.07, 6.45) is 2.37. The van der Waals surface area contributed by atoms with Crippen LogP contribution in [-0.4, -0.2) is 35.4 Å². The van der Waals surface area contributed by atoms with E-state index in [1.165, 1.54) is 0 Å². The smallest absolute Gasteiger partial charge is 0.255 e. The Hall–Kier alpha value is -1.78. The molecule has 0 aliphatic carbocycles. The maximum Gasteiger partial charge on any atom is 0.255 e. The molecule has 0 bridgehead atoms. The molecule has 0 saturated carbocycles. The number of aromatic nitrogens is 1. The lowest BCUT2D eigenvalue weighted by atomic mass is 10.1. The van der Waals surface area contributed by atoms with Gasteiger partial charge in [-0.15, -0.1) is 0 Å². The molecule has 1 amide bonds. The highest BCUT2D eigenvalue weighted by Crippen LogP contribution is 2.21. The van der Waals surface area contributed by atoms with Crippen LogP contribution in [0.4, 0.5) is 5.82 Å². The van der Waals surface area contributed by atoms with E-state index >= 15 is 0 Å². The van der Waals surface area contributed by atoms with Gasteiger partial charge in [0.15, 0.2) is 0 Å². The minimum atomic E-state index is 0.00648. The molecule has 0 spiro atoms. The summed E-state index contributed by atoms with van der Waals surface area (Å²) in [5.41, 5.74) is 1.63. The van der Waals surface area contributed by atoms with Gasteiger partial charge in [-0.2, -0.15) is 0 Å². The molecule has 1 heterocycles. The van der Waals surface area contributed by atoms with Gasteiger partial charge in [0, 0.05) is 35.9 Å². The zero-order chi connectivity index (χ0) is 17.5. The molecule has 0 unspecified atom stereocenters. The van der Waals surface area contributed by atoms with Gasteiger partial charge in [0.2, 0.25) is 0 Å². The van der Waals surface area contributed by atoms with Crippen LogP contribution in [0.15, 0.2) is 36.5 Å². The molecule has 0 aliphatic heterocycles. The van der Waals surface area contributed by atoms with Crippen molar-refractivity contribution in [2.24, 2.45) is 0 Å². The molecule has 0 radical (unpaired) electrons. The zero-order valence-corrected chi connectivity index (χ0v) is 15.4. The number of carbonyl (C=O) groups is 1. The number of rotatable bonds is 7. The Bertz CT molecular complexity index is 685. The summed E-state index contributed by atoms with van der Waals surface area (Å²) in [5, 5.41) is 4.53. The third-order valence-electron chi connectivity index (χ3n) is 3.78. The lowest BCUT2D eigenvalue weighted by molar-refractivity contribution is 0.0772. The van der Waals surface area contributed by atoms with Gasteiger partial charge >= 0.3 is 0 Å². The lowest BCUT2D eigenvalue weighted by Gasteiger charge is -2.18. The molecule has 128 valence electrons. The summed E-state index contributed by atoms with van der Waals surface area (Å²) in [6, 6.07) is 9.11. The van der Waals surface area contributed by atoms with Crippen molar-refractivity contribution in [3.05, 3.63) is 57.7 Å². The third-order valence-corrected chi connectivity index (χ3v) is 4.36. The average molecular weight is 366 g/mol. The number of anilines is 1. The third kappa shape index (κ3) is 4.86. The molecule has 2 rings (SSSR count). The van der Waals surface area contributed by atoms with Crippen molar-refractivity contribution in [2.75, 3.05) is 25.0 Å². The Morgan fingerprint density at radius 1 is 1.17 bits per heavy atom. The second-order valence-corrected chi connectivity index (χ2v) is 6.17. The van der Waals surface area contributed by atoms with Crippen molar-refractivity contribution in [3.63, 3.8) is 0 Å².